The third-order valence-corrected chi connectivity index (χ3v) is 4.68. The fourth-order valence-corrected chi connectivity index (χ4v) is 2.91. The van der Waals surface area contributed by atoms with Crippen LogP contribution in [-0.2, 0) is 0 Å². The van der Waals surface area contributed by atoms with Crippen molar-refractivity contribution >= 4 is 22.6 Å². The summed E-state index contributed by atoms with van der Waals surface area (Å²) in [5, 5.41) is 0. The van der Waals surface area contributed by atoms with E-state index in [2.05, 4.69) is 80.6 Å². The standard InChI is InChI=1S/C17H20IN/c1-10-9-11(2)13(4)16(12(10)3)17(19)14-5-7-15(18)8-6-14/h5-9,17H,19H2,1-4H3. The molecule has 0 spiro atoms. The molecule has 2 aromatic rings. The molecule has 2 N–H and O–H groups in total. The van der Waals surface area contributed by atoms with E-state index in [1.807, 2.05) is 0 Å². The highest BCUT2D eigenvalue weighted by molar-refractivity contribution is 14.1. The molecule has 1 unspecified atom stereocenters. The Balaban J connectivity index is 2.55. The summed E-state index contributed by atoms with van der Waals surface area (Å²) >= 11 is 2.32. The second-order valence-electron chi connectivity index (χ2n) is 5.20. The molecule has 0 saturated carbocycles. The Kier molecular flexibility index (Phi) is 4.31. The van der Waals surface area contributed by atoms with Crippen molar-refractivity contribution < 1.29 is 0 Å². The van der Waals surface area contributed by atoms with Crippen LogP contribution < -0.4 is 5.73 Å². The molecule has 0 aliphatic rings. The van der Waals surface area contributed by atoms with Crippen molar-refractivity contribution in [1.82, 2.24) is 0 Å². The molecule has 1 atom stereocenters. The van der Waals surface area contributed by atoms with Crippen LogP contribution in [0.5, 0.6) is 0 Å². The lowest BCUT2D eigenvalue weighted by Gasteiger charge is -2.21. The number of benzene rings is 2. The number of hydrogen-bond donors (Lipinski definition) is 1. The maximum absolute atomic E-state index is 6.50. The van der Waals surface area contributed by atoms with Crippen molar-refractivity contribution in [1.29, 1.82) is 0 Å². The molecule has 0 aliphatic heterocycles. The van der Waals surface area contributed by atoms with Gasteiger partial charge in [-0.2, -0.15) is 0 Å². The molecule has 2 rings (SSSR count). The van der Waals surface area contributed by atoms with Gasteiger partial charge < -0.3 is 5.73 Å². The van der Waals surface area contributed by atoms with Crippen molar-refractivity contribution in [3.8, 4) is 0 Å². The summed E-state index contributed by atoms with van der Waals surface area (Å²) in [4.78, 5) is 0. The first-order chi connectivity index (χ1) is 8.91. The minimum Gasteiger partial charge on any atom is -0.320 e. The van der Waals surface area contributed by atoms with Crippen molar-refractivity contribution in [3.63, 3.8) is 0 Å². The summed E-state index contributed by atoms with van der Waals surface area (Å²) < 4.78 is 1.24. The Bertz CT molecular complexity index is 573. The minimum absolute atomic E-state index is 0.0457. The van der Waals surface area contributed by atoms with E-state index >= 15 is 0 Å². The van der Waals surface area contributed by atoms with Gasteiger partial charge in [0.05, 0.1) is 6.04 Å². The van der Waals surface area contributed by atoms with Gasteiger partial charge in [0.15, 0.2) is 0 Å². The number of aryl methyl sites for hydroxylation is 2. The monoisotopic (exact) mass is 365 g/mol. The summed E-state index contributed by atoms with van der Waals surface area (Å²) in [5.41, 5.74) is 14.2. The van der Waals surface area contributed by atoms with Crippen molar-refractivity contribution in [2.45, 2.75) is 33.7 Å². The summed E-state index contributed by atoms with van der Waals surface area (Å²) in [6, 6.07) is 10.7. The second kappa shape index (κ2) is 5.63. The third-order valence-electron chi connectivity index (χ3n) is 3.96. The molecule has 1 nitrogen and oxygen atoms in total. The normalized spacial score (nSPS) is 12.5. The van der Waals surface area contributed by atoms with E-state index in [0.717, 1.165) is 0 Å². The molecule has 0 amide bonds. The van der Waals surface area contributed by atoms with Crippen LogP contribution in [-0.4, -0.2) is 0 Å². The Morgan fingerprint density at radius 2 is 1.37 bits per heavy atom. The van der Waals surface area contributed by atoms with Crippen LogP contribution >= 0.6 is 22.6 Å². The Hall–Kier alpha value is -0.870. The molecule has 0 fully saturated rings. The van der Waals surface area contributed by atoms with E-state index in [-0.39, 0.29) is 6.04 Å². The van der Waals surface area contributed by atoms with Gasteiger partial charge in [0, 0.05) is 3.57 Å². The zero-order valence-corrected chi connectivity index (χ0v) is 14.1. The number of nitrogens with two attached hydrogens (primary N) is 1. The van der Waals surface area contributed by atoms with E-state index in [0.29, 0.717) is 0 Å². The molecule has 100 valence electrons. The van der Waals surface area contributed by atoms with E-state index in [9.17, 15) is 0 Å². The predicted molar refractivity (Wildman–Crippen MR) is 90.6 cm³/mol. The second-order valence-corrected chi connectivity index (χ2v) is 6.45. The number of hydrogen-bond acceptors (Lipinski definition) is 1. The summed E-state index contributed by atoms with van der Waals surface area (Å²) in [6.07, 6.45) is 0. The quantitative estimate of drug-likeness (QED) is 0.775. The third kappa shape index (κ3) is 2.84. The van der Waals surface area contributed by atoms with E-state index < -0.39 is 0 Å². The first-order valence-electron chi connectivity index (χ1n) is 6.50. The maximum atomic E-state index is 6.50. The zero-order chi connectivity index (χ0) is 14.2. The van der Waals surface area contributed by atoms with Crippen LogP contribution in [0.4, 0.5) is 0 Å². The summed E-state index contributed by atoms with van der Waals surface area (Å²) in [7, 11) is 0. The van der Waals surface area contributed by atoms with Gasteiger partial charge in [-0.05, 0) is 95.8 Å². The van der Waals surface area contributed by atoms with Crippen LogP contribution in [0.25, 0.3) is 0 Å². The first-order valence-corrected chi connectivity index (χ1v) is 7.58. The smallest absolute Gasteiger partial charge is 0.0557 e. The van der Waals surface area contributed by atoms with Crippen LogP contribution in [0.3, 0.4) is 0 Å². The molecule has 0 aromatic heterocycles. The summed E-state index contributed by atoms with van der Waals surface area (Å²) in [6.45, 7) is 8.66. The molecular formula is C17H20IN. The maximum Gasteiger partial charge on any atom is 0.0557 e. The fraction of sp³-hybridized carbons (Fsp3) is 0.294. The lowest BCUT2D eigenvalue weighted by molar-refractivity contribution is 0.845. The molecule has 0 aliphatic carbocycles. The van der Waals surface area contributed by atoms with Crippen molar-refractivity contribution in [2.24, 2.45) is 5.73 Å². The van der Waals surface area contributed by atoms with Gasteiger partial charge in [-0.25, -0.2) is 0 Å². The fourth-order valence-electron chi connectivity index (χ4n) is 2.55. The average molecular weight is 365 g/mol. The minimum atomic E-state index is -0.0457. The lowest BCUT2D eigenvalue weighted by Crippen LogP contribution is -2.16. The SMILES string of the molecule is Cc1cc(C)c(C)c(C(N)c2ccc(I)cc2)c1C. The topological polar surface area (TPSA) is 26.0 Å². The van der Waals surface area contributed by atoms with Gasteiger partial charge in [-0.3, -0.25) is 0 Å². The number of rotatable bonds is 2. The van der Waals surface area contributed by atoms with Crippen molar-refractivity contribution in [3.05, 3.63) is 67.3 Å². The number of halogens is 1. The largest absolute Gasteiger partial charge is 0.320 e. The first kappa shape index (κ1) is 14.5. The van der Waals surface area contributed by atoms with Crippen LogP contribution in [0, 0.1) is 31.3 Å². The van der Waals surface area contributed by atoms with Gasteiger partial charge >= 0.3 is 0 Å². The molecule has 0 radical (unpaired) electrons. The van der Waals surface area contributed by atoms with Crippen LogP contribution in [0.15, 0.2) is 30.3 Å². The molecule has 2 aromatic carbocycles. The highest BCUT2D eigenvalue weighted by Gasteiger charge is 2.16. The Labute approximate surface area is 129 Å². The highest BCUT2D eigenvalue weighted by Crippen LogP contribution is 2.30. The van der Waals surface area contributed by atoms with Crippen LogP contribution in [0.1, 0.15) is 39.4 Å². The van der Waals surface area contributed by atoms with Crippen molar-refractivity contribution in [2.75, 3.05) is 0 Å². The summed E-state index contributed by atoms with van der Waals surface area (Å²) in [5.74, 6) is 0. The molecule has 0 bridgehead atoms. The van der Waals surface area contributed by atoms with E-state index in [1.54, 1.807) is 0 Å². The molecule has 0 heterocycles. The van der Waals surface area contributed by atoms with E-state index in [4.69, 9.17) is 5.73 Å². The average Bonchev–Trinajstić information content (AvgIpc) is 2.37. The molecule has 2 heteroatoms. The molecule has 19 heavy (non-hydrogen) atoms. The van der Waals surface area contributed by atoms with E-state index in [1.165, 1.54) is 37.0 Å². The van der Waals surface area contributed by atoms with Gasteiger partial charge in [0.2, 0.25) is 0 Å². The van der Waals surface area contributed by atoms with Gasteiger partial charge in [0.1, 0.15) is 0 Å². The van der Waals surface area contributed by atoms with Gasteiger partial charge in [0.25, 0.3) is 0 Å². The highest BCUT2D eigenvalue weighted by atomic mass is 127. The Morgan fingerprint density at radius 1 is 0.895 bits per heavy atom. The molecular weight excluding hydrogens is 345 g/mol. The molecule has 0 saturated heterocycles. The lowest BCUT2D eigenvalue weighted by atomic mass is 9.87. The Morgan fingerprint density at radius 3 is 1.84 bits per heavy atom. The van der Waals surface area contributed by atoms with Gasteiger partial charge in [-0.1, -0.05) is 18.2 Å². The van der Waals surface area contributed by atoms with Crippen LogP contribution in [0.2, 0.25) is 0 Å². The van der Waals surface area contributed by atoms with Gasteiger partial charge in [-0.15, -0.1) is 0 Å². The predicted octanol–water partition coefficient (Wildman–Crippen LogP) is 4.57. The zero-order valence-electron chi connectivity index (χ0n) is 11.9.